The Morgan fingerprint density at radius 2 is 1.83 bits per heavy atom. The van der Waals surface area contributed by atoms with Gasteiger partial charge in [-0.05, 0) is 11.6 Å². The van der Waals surface area contributed by atoms with Crippen LogP contribution >= 0.6 is 0 Å². The van der Waals surface area contributed by atoms with Gasteiger partial charge in [-0.15, -0.1) is 0 Å². The fraction of sp³-hybridized carbons (Fsp3) is 0.118. The molecule has 6 nitrogen and oxygen atoms in total. The van der Waals surface area contributed by atoms with Gasteiger partial charge in [-0.1, -0.05) is 30.3 Å². The molecule has 3 heterocycles. The van der Waals surface area contributed by atoms with Crippen molar-refractivity contribution in [2.45, 2.75) is 0 Å². The van der Waals surface area contributed by atoms with Crippen LogP contribution in [0.5, 0.6) is 0 Å². The number of pyridine rings is 1. The molecule has 4 aromatic rings. The summed E-state index contributed by atoms with van der Waals surface area (Å²) in [5, 5.41) is 6.70. The predicted octanol–water partition coefficient (Wildman–Crippen LogP) is 1.91. The lowest BCUT2D eigenvalue weighted by molar-refractivity contribution is 0.705. The van der Waals surface area contributed by atoms with E-state index in [4.69, 9.17) is 0 Å². The van der Waals surface area contributed by atoms with Crippen LogP contribution in [-0.2, 0) is 0 Å². The van der Waals surface area contributed by atoms with E-state index < -0.39 is 0 Å². The maximum atomic E-state index is 12.5. The van der Waals surface area contributed by atoms with Crippen LogP contribution < -0.4 is 10.6 Å². The van der Waals surface area contributed by atoms with Crippen molar-refractivity contribution in [3.63, 3.8) is 0 Å². The molecule has 0 radical (unpaired) electrons. The molecule has 0 aliphatic heterocycles. The Kier molecular flexibility index (Phi) is 2.90. The van der Waals surface area contributed by atoms with Crippen LogP contribution in [0.25, 0.3) is 27.7 Å². The number of benzene rings is 1. The lowest BCUT2D eigenvalue weighted by atomic mass is 10.1. The molecular weight excluding hydrogens is 290 g/mol. The summed E-state index contributed by atoms with van der Waals surface area (Å²) < 4.78 is 3.26. The van der Waals surface area contributed by atoms with E-state index in [9.17, 15) is 4.79 Å². The van der Waals surface area contributed by atoms with Crippen LogP contribution in [0, 0.1) is 0 Å². The Labute approximate surface area is 132 Å². The number of aromatic nitrogens is 4. The van der Waals surface area contributed by atoms with Gasteiger partial charge in [0.05, 0.1) is 17.1 Å². The van der Waals surface area contributed by atoms with Crippen LogP contribution in [0.4, 0.5) is 0 Å². The minimum atomic E-state index is -0.112. The highest BCUT2D eigenvalue weighted by atomic mass is 16.1. The average Bonchev–Trinajstić information content (AvgIpc) is 3.00. The molecule has 4 rings (SSSR count). The van der Waals surface area contributed by atoms with E-state index in [1.165, 1.54) is 4.68 Å². The smallest absolute Gasteiger partial charge is 0.279 e. The second-order valence-electron chi connectivity index (χ2n) is 5.53. The second kappa shape index (κ2) is 4.95. The van der Waals surface area contributed by atoms with Crippen molar-refractivity contribution in [1.82, 2.24) is 19.3 Å². The van der Waals surface area contributed by atoms with Crippen LogP contribution in [-0.4, -0.2) is 33.4 Å². The van der Waals surface area contributed by atoms with Crippen LogP contribution in [0.15, 0.2) is 59.8 Å². The van der Waals surface area contributed by atoms with Gasteiger partial charge in [0.15, 0.2) is 5.65 Å². The van der Waals surface area contributed by atoms with E-state index in [0.717, 1.165) is 22.3 Å². The van der Waals surface area contributed by atoms with Crippen molar-refractivity contribution in [2.24, 2.45) is 0 Å². The molecule has 0 N–H and O–H groups in total. The normalized spacial score (nSPS) is 11.2. The topological polar surface area (TPSA) is 55.4 Å². The van der Waals surface area contributed by atoms with Gasteiger partial charge in [-0.3, -0.25) is 4.79 Å². The Hall–Kier alpha value is -3.15. The standard InChI is InChI=1S/C17H15N5O/c1-20(2)21-9-8-15-14(17(21)23)10-18-16-13(11-19-22(15)16)12-6-4-3-5-7-12/h3-11H,1-2H3. The van der Waals surface area contributed by atoms with Crippen LogP contribution in [0.3, 0.4) is 0 Å². The number of nitrogens with zero attached hydrogens (tertiary/aromatic N) is 5. The highest BCUT2D eigenvalue weighted by Crippen LogP contribution is 2.24. The van der Waals surface area contributed by atoms with Gasteiger partial charge in [0.25, 0.3) is 5.56 Å². The maximum Gasteiger partial charge on any atom is 0.279 e. The molecule has 0 aliphatic rings. The maximum absolute atomic E-state index is 12.5. The molecule has 0 bridgehead atoms. The summed E-state index contributed by atoms with van der Waals surface area (Å²) in [6.07, 6.45) is 5.16. The molecule has 0 spiro atoms. The summed E-state index contributed by atoms with van der Waals surface area (Å²) in [7, 11) is 3.64. The molecule has 0 saturated carbocycles. The quantitative estimate of drug-likeness (QED) is 0.568. The van der Waals surface area contributed by atoms with Gasteiger partial charge in [0, 0.05) is 32.1 Å². The summed E-state index contributed by atoms with van der Waals surface area (Å²) in [6, 6.07) is 11.9. The number of rotatable bonds is 2. The van der Waals surface area contributed by atoms with Crippen molar-refractivity contribution in [3.05, 3.63) is 65.3 Å². The van der Waals surface area contributed by atoms with Gasteiger partial charge in [0.2, 0.25) is 0 Å². The summed E-state index contributed by atoms with van der Waals surface area (Å²) in [4.78, 5) is 17.0. The average molecular weight is 305 g/mol. The highest BCUT2D eigenvalue weighted by molar-refractivity contribution is 5.84. The molecule has 0 fully saturated rings. The van der Waals surface area contributed by atoms with Crippen molar-refractivity contribution >= 4 is 16.6 Å². The molecule has 0 aliphatic carbocycles. The van der Waals surface area contributed by atoms with Gasteiger partial charge in [0.1, 0.15) is 0 Å². The molecule has 0 atom stereocenters. The van der Waals surface area contributed by atoms with E-state index in [-0.39, 0.29) is 5.56 Å². The first-order valence-electron chi connectivity index (χ1n) is 7.28. The van der Waals surface area contributed by atoms with Crippen molar-refractivity contribution in [2.75, 3.05) is 19.1 Å². The van der Waals surface area contributed by atoms with E-state index in [1.807, 2.05) is 50.5 Å². The third-order valence-corrected chi connectivity index (χ3v) is 3.89. The second-order valence-corrected chi connectivity index (χ2v) is 5.53. The summed E-state index contributed by atoms with van der Waals surface area (Å²) in [5.74, 6) is 0. The minimum absolute atomic E-state index is 0.112. The van der Waals surface area contributed by atoms with Gasteiger partial charge in [-0.25, -0.2) is 14.2 Å². The predicted molar refractivity (Wildman–Crippen MR) is 90.3 cm³/mol. The zero-order valence-corrected chi connectivity index (χ0v) is 12.8. The Bertz CT molecular complexity index is 1060. The zero-order chi connectivity index (χ0) is 16.0. The lowest BCUT2D eigenvalue weighted by Crippen LogP contribution is -2.35. The fourth-order valence-electron chi connectivity index (χ4n) is 2.74. The molecule has 114 valence electrons. The SMILES string of the molecule is CN(C)n1ccc2c(cnc3c(-c4ccccc4)cnn32)c1=O. The Morgan fingerprint density at radius 3 is 2.57 bits per heavy atom. The number of hydrogen-bond donors (Lipinski definition) is 0. The number of hydrogen-bond acceptors (Lipinski definition) is 4. The van der Waals surface area contributed by atoms with E-state index in [1.54, 1.807) is 28.1 Å². The summed E-state index contributed by atoms with van der Waals surface area (Å²) in [5.41, 5.74) is 3.38. The molecule has 0 unspecified atom stereocenters. The molecule has 0 amide bonds. The van der Waals surface area contributed by atoms with Crippen molar-refractivity contribution in [3.8, 4) is 11.1 Å². The molecule has 0 saturated heterocycles. The van der Waals surface area contributed by atoms with Gasteiger partial charge >= 0.3 is 0 Å². The third-order valence-electron chi connectivity index (χ3n) is 3.89. The first kappa shape index (κ1) is 13.5. The first-order valence-corrected chi connectivity index (χ1v) is 7.28. The summed E-state index contributed by atoms with van der Waals surface area (Å²) in [6.45, 7) is 0. The third kappa shape index (κ3) is 1.99. The molecule has 6 heteroatoms. The lowest BCUT2D eigenvalue weighted by Gasteiger charge is -2.15. The van der Waals surface area contributed by atoms with Gasteiger partial charge < -0.3 is 5.01 Å². The highest BCUT2D eigenvalue weighted by Gasteiger charge is 2.13. The fourth-order valence-corrected chi connectivity index (χ4v) is 2.74. The Balaban J connectivity index is 2.03. The summed E-state index contributed by atoms with van der Waals surface area (Å²) >= 11 is 0. The van der Waals surface area contributed by atoms with E-state index in [2.05, 4.69) is 10.1 Å². The molecule has 1 aromatic carbocycles. The van der Waals surface area contributed by atoms with Crippen molar-refractivity contribution in [1.29, 1.82) is 0 Å². The monoisotopic (exact) mass is 305 g/mol. The molecular formula is C17H15N5O. The van der Waals surface area contributed by atoms with E-state index in [0.29, 0.717) is 5.39 Å². The largest absolute Gasteiger partial charge is 0.316 e. The zero-order valence-electron chi connectivity index (χ0n) is 12.8. The van der Waals surface area contributed by atoms with Gasteiger partial charge in [-0.2, -0.15) is 5.10 Å². The number of fused-ring (bicyclic) bond motifs is 3. The molecule has 23 heavy (non-hydrogen) atoms. The van der Waals surface area contributed by atoms with E-state index >= 15 is 0 Å². The van der Waals surface area contributed by atoms with Crippen LogP contribution in [0.1, 0.15) is 0 Å². The van der Waals surface area contributed by atoms with Crippen LogP contribution in [0.2, 0.25) is 0 Å². The minimum Gasteiger partial charge on any atom is -0.316 e. The molecule has 3 aromatic heterocycles. The Morgan fingerprint density at radius 1 is 1.04 bits per heavy atom. The van der Waals surface area contributed by atoms with Crippen molar-refractivity contribution < 1.29 is 0 Å². The first-order chi connectivity index (χ1) is 11.2.